The van der Waals surface area contributed by atoms with Crippen molar-refractivity contribution in [1.29, 1.82) is 0 Å². The van der Waals surface area contributed by atoms with Crippen molar-refractivity contribution in [3.8, 4) is 5.75 Å². The van der Waals surface area contributed by atoms with Crippen molar-refractivity contribution in [2.75, 3.05) is 13.2 Å². The molecule has 0 radical (unpaired) electrons. The van der Waals surface area contributed by atoms with Crippen LogP contribution in [0, 0.1) is 5.41 Å². The molecule has 0 aromatic heterocycles. The average molecular weight is 354 g/mol. The Morgan fingerprint density at radius 1 is 1.04 bits per heavy atom. The van der Waals surface area contributed by atoms with E-state index in [9.17, 15) is 0 Å². The molecule has 1 aliphatic rings. The molecule has 0 amide bonds. The molecule has 0 aliphatic carbocycles. The number of hydrogen-bond acceptors (Lipinski definition) is 2. The van der Waals surface area contributed by atoms with Gasteiger partial charge in [0.1, 0.15) is 5.75 Å². The van der Waals surface area contributed by atoms with Crippen LogP contribution in [0.1, 0.15) is 72.3 Å². The molecule has 0 saturated carbocycles. The summed E-state index contributed by atoms with van der Waals surface area (Å²) in [5.41, 5.74) is 1.93. The maximum atomic E-state index is 5.94. The summed E-state index contributed by atoms with van der Waals surface area (Å²) in [6.07, 6.45) is 6.26. The van der Waals surface area contributed by atoms with Gasteiger partial charge in [0.2, 0.25) is 0 Å². The molecule has 1 unspecified atom stereocenters. The smallest absolute Gasteiger partial charge is 0.119 e. The van der Waals surface area contributed by atoms with E-state index in [0.29, 0.717) is 11.5 Å². The Hall–Kier alpha value is -0.730. The largest absolute Gasteiger partial charge is 0.494 e. The molecule has 1 fully saturated rings. The number of nitrogens with one attached hydrogen (secondary N) is 1. The van der Waals surface area contributed by atoms with E-state index in [1.807, 2.05) is 0 Å². The van der Waals surface area contributed by atoms with Gasteiger partial charge in [-0.15, -0.1) is 12.4 Å². The molecule has 2 nitrogen and oxygen atoms in total. The topological polar surface area (TPSA) is 21.3 Å². The monoisotopic (exact) mass is 353 g/mol. The SMILES string of the molecule is CC(C)(C)CC(C)(C)c1ccc(OCCC2CCCCN2)cc1.Cl. The summed E-state index contributed by atoms with van der Waals surface area (Å²) in [5, 5.41) is 3.58. The Balaban J connectivity index is 0.00000288. The molecule has 1 atom stereocenters. The molecule has 0 spiro atoms. The van der Waals surface area contributed by atoms with Crippen molar-refractivity contribution in [2.24, 2.45) is 5.41 Å². The van der Waals surface area contributed by atoms with Gasteiger partial charge in [0.05, 0.1) is 6.61 Å². The predicted octanol–water partition coefficient (Wildman–Crippen LogP) is 5.73. The van der Waals surface area contributed by atoms with Crippen molar-refractivity contribution in [2.45, 2.75) is 78.2 Å². The quantitative estimate of drug-likeness (QED) is 0.704. The van der Waals surface area contributed by atoms with E-state index >= 15 is 0 Å². The van der Waals surface area contributed by atoms with Crippen LogP contribution < -0.4 is 10.1 Å². The number of hydrogen-bond donors (Lipinski definition) is 1. The summed E-state index contributed by atoms with van der Waals surface area (Å²) in [7, 11) is 0. The molecule has 24 heavy (non-hydrogen) atoms. The van der Waals surface area contributed by atoms with Crippen molar-refractivity contribution < 1.29 is 4.74 Å². The van der Waals surface area contributed by atoms with Crippen LogP contribution >= 0.6 is 12.4 Å². The normalized spacial score (nSPS) is 18.8. The lowest BCUT2D eigenvalue weighted by molar-refractivity contribution is 0.267. The average Bonchev–Trinajstić information content (AvgIpc) is 2.46. The first-order chi connectivity index (χ1) is 10.8. The van der Waals surface area contributed by atoms with Gasteiger partial charge in [-0.05, 0) is 60.8 Å². The first-order valence-corrected chi connectivity index (χ1v) is 9.23. The molecule has 1 N–H and O–H groups in total. The van der Waals surface area contributed by atoms with Gasteiger partial charge < -0.3 is 10.1 Å². The Labute approximate surface area is 155 Å². The number of benzene rings is 1. The van der Waals surface area contributed by atoms with E-state index in [4.69, 9.17) is 4.74 Å². The Bertz CT molecular complexity index is 470. The fourth-order valence-corrected chi connectivity index (χ4v) is 3.92. The van der Waals surface area contributed by atoms with Crippen LogP contribution in [0.3, 0.4) is 0 Å². The molecule has 1 saturated heterocycles. The van der Waals surface area contributed by atoms with Crippen LogP contribution in [0.25, 0.3) is 0 Å². The summed E-state index contributed by atoms with van der Waals surface area (Å²) in [4.78, 5) is 0. The lowest BCUT2D eigenvalue weighted by atomic mass is 9.72. The number of rotatable bonds is 6. The van der Waals surface area contributed by atoms with Crippen molar-refractivity contribution in [3.05, 3.63) is 29.8 Å². The Morgan fingerprint density at radius 2 is 1.71 bits per heavy atom. The summed E-state index contributed by atoms with van der Waals surface area (Å²) >= 11 is 0. The summed E-state index contributed by atoms with van der Waals surface area (Å²) in [5.74, 6) is 0.996. The third-order valence-electron chi connectivity index (χ3n) is 4.76. The van der Waals surface area contributed by atoms with E-state index < -0.39 is 0 Å². The maximum absolute atomic E-state index is 5.94. The molecule has 2 rings (SSSR count). The second kappa shape index (κ2) is 9.10. The van der Waals surface area contributed by atoms with Crippen molar-refractivity contribution in [3.63, 3.8) is 0 Å². The predicted molar refractivity (Wildman–Crippen MR) is 107 cm³/mol. The maximum Gasteiger partial charge on any atom is 0.119 e. The van der Waals surface area contributed by atoms with E-state index in [2.05, 4.69) is 64.2 Å². The van der Waals surface area contributed by atoms with Crippen LogP contribution in [-0.4, -0.2) is 19.2 Å². The highest BCUT2D eigenvalue weighted by Gasteiger charge is 2.27. The van der Waals surface area contributed by atoms with Crippen LogP contribution in [0.5, 0.6) is 5.75 Å². The Kier molecular flexibility index (Phi) is 8.08. The van der Waals surface area contributed by atoms with Crippen LogP contribution in [0.2, 0.25) is 0 Å². The lowest BCUT2D eigenvalue weighted by Gasteiger charge is -2.33. The minimum Gasteiger partial charge on any atom is -0.494 e. The Morgan fingerprint density at radius 3 is 2.25 bits per heavy atom. The van der Waals surface area contributed by atoms with E-state index in [1.165, 1.54) is 37.8 Å². The molecule has 0 bridgehead atoms. The first kappa shape index (κ1) is 21.3. The number of ether oxygens (including phenoxy) is 1. The zero-order chi connectivity index (χ0) is 16.9. The van der Waals surface area contributed by atoms with Gasteiger partial charge in [-0.25, -0.2) is 0 Å². The van der Waals surface area contributed by atoms with Gasteiger partial charge in [0.15, 0.2) is 0 Å². The highest BCUT2D eigenvalue weighted by Crippen LogP contribution is 2.36. The van der Waals surface area contributed by atoms with Gasteiger partial charge in [0, 0.05) is 6.04 Å². The molecule has 1 aliphatic heterocycles. The van der Waals surface area contributed by atoms with E-state index in [1.54, 1.807) is 0 Å². The third-order valence-corrected chi connectivity index (χ3v) is 4.76. The summed E-state index contributed by atoms with van der Waals surface area (Å²) < 4.78 is 5.94. The van der Waals surface area contributed by atoms with Gasteiger partial charge >= 0.3 is 0 Å². The number of halogens is 1. The molecule has 1 aromatic carbocycles. The van der Waals surface area contributed by atoms with Gasteiger partial charge in [-0.2, -0.15) is 0 Å². The fourth-order valence-electron chi connectivity index (χ4n) is 3.92. The van der Waals surface area contributed by atoms with Crippen molar-refractivity contribution in [1.82, 2.24) is 5.32 Å². The standard InChI is InChI=1S/C21H35NO.ClH/c1-20(2,3)16-21(4,5)17-9-11-19(12-10-17)23-15-13-18-8-6-7-14-22-18;/h9-12,18,22H,6-8,13-16H2,1-5H3;1H. The molecule has 1 aromatic rings. The lowest BCUT2D eigenvalue weighted by Crippen LogP contribution is -2.35. The molecule has 138 valence electrons. The highest BCUT2D eigenvalue weighted by atomic mass is 35.5. The van der Waals surface area contributed by atoms with Gasteiger partial charge in [0.25, 0.3) is 0 Å². The van der Waals surface area contributed by atoms with E-state index in [0.717, 1.165) is 18.8 Å². The number of piperidine rings is 1. The summed E-state index contributed by atoms with van der Waals surface area (Å²) in [6, 6.07) is 9.39. The molecular formula is C21H36ClNO. The third kappa shape index (κ3) is 7.03. The first-order valence-electron chi connectivity index (χ1n) is 9.23. The molecule has 1 heterocycles. The zero-order valence-electron chi connectivity index (χ0n) is 16.2. The highest BCUT2D eigenvalue weighted by molar-refractivity contribution is 5.85. The van der Waals surface area contributed by atoms with Crippen LogP contribution in [-0.2, 0) is 5.41 Å². The zero-order valence-corrected chi connectivity index (χ0v) is 17.0. The van der Waals surface area contributed by atoms with E-state index in [-0.39, 0.29) is 17.8 Å². The van der Waals surface area contributed by atoms with Crippen LogP contribution in [0.15, 0.2) is 24.3 Å². The second-order valence-electron chi connectivity index (χ2n) is 8.93. The minimum absolute atomic E-state index is 0. The molecular weight excluding hydrogens is 318 g/mol. The summed E-state index contributed by atoms with van der Waals surface area (Å²) in [6.45, 7) is 13.6. The molecule has 3 heteroatoms. The van der Waals surface area contributed by atoms with Crippen molar-refractivity contribution >= 4 is 12.4 Å². The van der Waals surface area contributed by atoms with Gasteiger partial charge in [-0.3, -0.25) is 0 Å². The second-order valence-corrected chi connectivity index (χ2v) is 8.93. The minimum atomic E-state index is 0. The fraction of sp³-hybridized carbons (Fsp3) is 0.714. The van der Waals surface area contributed by atoms with Gasteiger partial charge in [-0.1, -0.05) is 53.2 Å². The van der Waals surface area contributed by atoms with Crippen LogP contribution in [0.4, 0.5) is 0 Å².